The molecule has 0 aliphatic carbocycles. The van der Waals surface area contributed by atoms with Gasteiger partial charge >= 0.3 is 5.97 Å². The maximum Gasteiger partial charge on any atom is 0.340 e. The monoisotopic (exact) mass is 253 g/mol. The van der Waals surface area contributed by atoms with Gasteiger partial charge in [0, 0.05) is 13.6 Å². The van der Waals surface area contributed by atoms with Gasteiger partial charge in [-0.1, -0.05) is 0 Å². The molecular weight excluding hydrogens is 234 g/mol. The van der Waals surface area contributed by atoms with Crippen molar-refractivity contribution in [2.75, 3.05) is 31.3 Å². The van der Waals surface area contributed by atoms with E-state index in [1.165, 1.54) is 13.3 Å². The highest BCUT2D eigenvalue weighted by Gasteiger charge is 2.18. The molecule has 1 rings (SSSR count). The summed E-state index contributed by atoms with van der Waals surface area (Å²) in [6.07, 6.45) is 1.41. The number of pyridine rings is 1. The van der Waals surface area contributed by atoms with Gasteiger partial charge in [0.15, 0.2) is 0 Å². The van der Waals surface area contributed by atoms with E-state index in [0.29, 0.717) is 12.4 Å². The van der Waals surface area contributed by atoms with Gasteiger partial charge in [0.1, 0.15) is 5.82 Å². The molecule has 1 aromatic rings. The molecule has 0 aromatic carbocycles. The van der Waals surface area contributed by atoms with Crippen molar-refractivity contribution in [2.45, 2.75) is 19.4 Å². The number of aromatic nitrogens is 1. The zero-order valence-electron chi connectivity index (χ0n) is 11.1. The fourth-order valence-electron chi connectivity index (χ4n) is 1.61. The van der Waals surface area contributed by atoms with E-state index in [4.69, 9.17) is 5.73 Å². The van der Waals surface area contributed by atoms with Gasteiger partial charge in [-0.25, -0.2) is 9.78 Å². The largest absolute Gasteiger partial charge is 0.465 e. The van der Waals surface area contributed by atoms with Gasteiger partial charge in [0.05, 0.1) is 30.2 Å². The Bertz CT molecular complexity index is 441. The highest BCUT2D eigenvalue weighted by Crippen LogP contribution is 2.19. The van der Waals surface area contributed by atoms with Crippen LogP contribution in [-0.2, 0) is 4.74 Å². The van der Waals surface area contributed by atoms with Crippen molar-refractivity contribution in [3.63, 3.8) is 0 Å². The lowest BCUT2D eigenvalue weighted by molar-refractivity contribution is 0.0602. The molecule has 0 fully saturated rings. The number of rotatable bonds is 4. The van der Waals surface area contributed by atoms with Crippen LogP contribution >= 0.6 is 0 Å². The number of ether oxygens (including phenoxy) is 1. The lowest BCUT2D eigenvalue weighted by Gasteiger charge is -2.26. The van der Waals surface area contributed by atoms with Crippen molar-refractivity contribution in [3.8, 4) is 0 Å². The van der Waals surface area contributed by atoms with E-state index in [2.05, 4.69) is 9.72 Å². The lowest BCUT2D eigenvalue weighted by Crippen LogP contribution is -2.36. The number of carbonyl (C=O) groups excluding carboxylic acids is 1. The number of aliphatic hydroxyl groups is 1. The average molecular weight is 253 g/mol. The molecule has 18 heavy (non-hydrogen) atoms. The van der Waals surface area contributed by atoms with Gasteiger partial charge in [0.2, 0.25) is 0 Å². The molecule has 1 aromatic heterocycles. The fraction of sp³-hybridized carbons (Fsp3) is 0.500. The summed E-state index contributed by atoms with van der Waals surface area (Å²) in [5, 5.41) is 9.74. The fourth-order valence-corrected chi connectivity index (χ4v) is 1.61. The summed E-state index contributed by atoms with van der Waals surface area (Å²) in [6, 6.07) is 1.55. The van der Waals surface area contributed by atoms with Crippen molar-refractivity contribution < 1.29 is 14.6 Å². The zero-order valence-corrected chi connectivity index (χ0v) is 11.1. The van der Waals surface area contributed by atoms with E-state index in [1.54, 1.807) is 31.9 Å². The molecule has 100 valence electrons. The minimum absolute atomic E-state index is 0.266. The molecule has 0 aliphatic rings. The van der Waals surface area contributed by atoms with Crippen LogP contribution in [0.5, 0.6) is 0 Å². The highest BCUT2D eigenvalue weighted by molar-refractivity contribution is 5.95. The molecule has 6 heteroatoms. The number of esters is 1. The van der Waals surface area contributed by atoms with Gasteiger partial charge < -0.3 is 20.5 Å². The minimum Gasteiger partial charge on any atom is -0.465 e. The molecule has 0 unspecified atom stereocenters. The predicted octanol–water partition coefficient (Wildman–Crippen LogP) is 0.657. The van der Waals surface area contributed by atoms with Gasteiger partial charge in [-0.15, -0.1) is 0 Å². The second-order valence-corrected chi connectivity index (χ2v) is 4.79. The molecule has 0 aliphatic heterocycles. The Morgan fingerprint density at radius 2 is 2.22 bits per heavy atom. The maximum atomic E-state index is 11.5. The Hall–Kier alpha value is -1.82. The second kappa shape index (κ2) is 5.22. The van der Waals surface area contributed by atoms with Crippen molar-refractivity contribution in [1.82, 2.24) is 4.98 Å². The Morgan fingerprint density at radius 1 is 1.61 bits per heavy atom. The summed E-state index contributed by atoms with van der Waals surface area (Å²) < 4.78 is 4.64. The van der Waals surface area contributed by atoms with Crippen LogP contribution < -0.4 is 10.6 Å². The molecule has 0 bridgehead atoms. The average Bonchev–Trinajstić information content (AvgIpc) is 2.26. The first-order chi connectivity index (χ1) is 8.24. The number of hydrogen-bond donors (Lipinski definition) is 2. The third-order valence-corrected chi connectivity index (χ3v) is 2.34. The molecular formula is C12H19N3O3. The van der Waals surface area contributed by atoms with Crippen LogP contribution in [0.1, 0.15) is 24.2 Å². The van der Waals surface area contributed by atoms with Crippen LogP contribution in [-0.4, -0.2) is 42.4 Å². The third kappa shape index (κ3) is 3.59. The van der Waals surface area contributed by atoms with Crippen LogP contribution in [0.15, 0.2) is 12.3 Å². The summed E-state index contributed by atoms with van der Waals surface area (Å²) in [5.74, 6) is 0.0412. The predicted molar refractivity (Wildman–Crippen MR) is 69.6 cm³/mol. The molecule has 0 saturated carbocycles. The first kappa shape index (κ1) is 14.2. The summed E-state index contributed by atoms with van der Waals surface area (Å²) in [5.41, 5.74) is 5.34. The van der Waals surface area contributed by atoms with E-state index in [9.17, 15) is 9.90 Å². The number of hydrogen-bond acceptors (Lipinski definition) is 6. The van der Waals surface area contributed by atoms with Crippen molar-refractivity contribution in [2.24, 2.45) is 0 Å². The van der Waals surface area contributed by atoms with Crippen LogP contribution in [0.3, 0.4) is 0 Å². The number of anilines is 2. The minimum atomic E-state index is -0.858. The Morgan fingerprint density at radius 3 is 2.72 bits per heavy atom. The smallest absolute Gasteiger partial charge is 0.340 e. The number of likely N-dealkylation sites (N-methyl/N-ethyl adjacent to an activating group) is 1. The first-order valence-electron chi connectivity index (χ1n) is 5.52. The summed E-state index contributed by atoms with van der Waals surface area (Å²) in [6.45, 7) is 3.77. The third-order valence-electron chi connectivity index (χ3n) is 2.34. The van der Waals surface area contributed by atoms with Crippen molar-refractivity contribution in [3.05, 3.63) is 17.8 Å². The van der Waals surface area contributed by atoms with E-state index in [0.717, 1.165) is 0 Å². The second-order valence-electron chi connectivity index (χ2n) is 4.79. The van der Waals surface area contributed by atoms with Crippen molar-refractivity contribution >= 4 is 17.5 Å². The Kier molecular flexibility index (Phi) is 4.13. The molecule has 0 atom stereocenters. The van der Waals surface area contributed by atoms with E-state index in [1.807, 2.05) is 0 Å². The molecule has 6 nitrogen and oxygen atoms in total. The topological polar surface area (TPSA) is 88.7 Å². The van der Waals surface area contributed by atoms with Crippen molar-refractivity contribution in [1.29, 1.82) is 0 Å². The van der Waals surface area contributed by atoms with Crippen LogP contribution in [0, 0.1) is 0 Å². The van der Waals surface area contributed by atoms with Gasteiger partial charge in [0.25, 0.3) is 0 Å². The van der Waals surface area contributed by atoms with Crippen LogP contribution in [0.2, 0.25) is 0 Å². The van der Waals surface area contributed by atoms with E-state index >= 15 is 0 Å². The van der Waals surface area contributed by atoms with Gasteiger partial charge in [-0.3, -0.25) is 0 Å². The normalized spacial score (nSPS) is 11.2. The van der Waals surface area contributed by atoms with Gasteiger partial charge in [-0.05, 0) is 19.9 Å². The SMILES string of the molecule is COC(=O)c1cc(N(C)CC(C)(C)O)ncc1N. The summed E-state index contributed by atoms with van der Waals surface area (Å²) in [4.78, 5) is 17.4. The maximum absolute atomic E-state index is 11.5. The molecule has 3 N–H and O–H groups in total. The van der Waals surface area contributed by atoms with Crippen LogP contribution in [0.25, 0.3) is 0 Å². The number of carbonyl (C=O) groups is 1. The molecule has 0 spiro atoms. The Labute approximate surface area is 106 Å². The number of nitrogens with zero attached hydrogens (tertiary/aromatic N) is 2. The number of methoxy groups -OCH3 is 1. The summed E-state index contributed by atoms with van der Waals surface area (Å²) >= 11 is 0. The first-order valence-corrected chi connectivity index (χ1v) is 5.52. The van der Waals surface area contributed by atoms with Crippen LogP contribution in [0.4, 0.5) is 11.5 Å². The quantitative estimate of drug-likeness (QED) is 0.766. The number of nitrogens with two attached hydrogens (primary N) is 1. The molecule has 1 heterocycles. The summed E-state index contributed by atoms with van der Waals surface area (Å²) in [7, 11) is 3.07. The zero-order chi connectivity index (χ0) is 13.9. The van der Waals surface area contributed by atoms with Gasteiger partial charge in [-0.2, -0.15) is 0 Å². The molecule has 0 amide bonds. The van der Waals surface area contributed by atoms with E-state index < -0.39 is 11.6 Å². The molecule has 0 saturated heterocycles. The Balaban J connectivity index is 3.01. The standard InChI is InChI=1S/C12H19N3O3/c1-12(2,17)7-15(3)10-5-8(11(16)18-4)9(13)6-14-10/h5-6,17H,7,13H2,1-4H3. The molecule has 0 radical (unpaired) electrons. The lowest BCUT2D eigenvalue weighted by atomic mass is 10.1. The highest BCUT2D eigenvalue weighted by atomic mass is 16.5. The number of nitrogen functional groups attached to an aromatic ring is 1. The van der Waals surface area contributed by atoms with E-state index in [-0.39, 0.29) is 11.3 Å².